The molecule has 1 N–H and O–H groups in total. The first kappa shape index (κ1) is 16.6. The lowest BCUT2D eigenvalue weighted by Crippen LogP contribution is -2.43. The van der Waals surface area contributed by atoms with Gasteiger partial charge in [0.15, 0.2) is 5.69 Å². The summed E-state index contributed by atoms with van der Waals surface area (Å²) in [4.78, 5) is 26.8. The highest BCUT2D eigenvalue weighted by Gasteiger charge is 2.47. The van der Waals surface area contributed by atoms with Crippen molar-refractivity contribution in [1.82, 2.24) is 30.1 Å². The predicted octanol–water partition coefficient (Wildman–Crippen LogP) is 0.563. The third-order valence-electron chi connectivity index (χ3n) is 4.40. The minimum absolute atomic E-state index is 0.0727. The summed E-state index contributed by atoms with van der Waals surface area (Å²) in [6.45, 7) is 0.852. The number of rotatable bonds is 3. The van der Waals surface area contributed by atoms with E-state index < -0.39 is 31.0 Å². The van der Waals surface area contributed by atoms with Crippen LogP contribution in [0, 0.1) is 0 Å². The summed E-state index contributed by atoms with van der Waals surface area (Å²) in [6, 6.07) is -1.25. The van der Waals surface area contributed by atoms with Crippen LogP contribution in [0.1, 0.15) is 29.8 Å². The monoisotopic (exact) mass is 342 g/mol. The fraction of sp³-hybridized carbons (Fsp3) is 0.714. The van der Waals surface area contributed by atoms with Gasteiger partial charge in [0.2, 0.25) is 0 Å². The van der Waals surface area contributed by atoms with Crippen LogP contribution in [0.15, 0.2) is 6.20 Å². The second kappa shape index (κ2) is 6.33. The first-order valence-corrected chi connectivity index (χ1v) is 7.95. The summed E-state index contributed by atoms with van der Waals surface area (Å²) in [6.07, 6.45) is 2.96. The molecule has 0 spiro atoms. The quantitative estimate of drug-likeness (QED) is 0.870. The average molecular weight is 342 g/mol. The van der Waals surface area contributed by atoms with Gasteiger partial charge in [-0.25, -0.2) is 18.3 Å². The topological polar surface area (TPSA) is 83.4 Å². The second-order valence-corrected chi connectivity index (χ2v) is 6.22. The van der Waals surface area contributed by atoms with Gasteiger partial charge in [0.25, 0.3) is 11.8 Å². The van der Waals surface area contributed by atoms with Crippen LogP contribution in [0.25, 0.3) is 0 Å². The molecule has 3 rings (SSSR count). The van der Waals surface area contributed by atoms with Crippen LogP contribution in [0.3, 0.4) is 0 Å². The number of hydrogen-bond acceptors (Lipinski definition) is 4. The number of nitrogens with one attached hydrogen (secondary N) is 1. The van der Waals surface area contributed by atoms with E-state index in [1.54, 1.807) is 4.90 Å². The highest BCUT2D eigenvalue weighted by atomic mass is 19.3. The molecule has 0 aromatic carbocycles. The van der Waals surface area contributed by atoms with Crippen molar-refractivity contribution >= 4 is 11.9 Å². The number of likely N-dealkylation sites (tertiary alicyclic amines) is 2. The maximum absolute atomic E-state index is 13.7. The molecule has 1 atom stereocenters. The summed E-state index contributed by atoms with van der Waals surface area (Å²) >= 11 is 0. The van der Waals surface area contributed by atoms with Crippen LogP contribution < -0.4 is 5.32 Å². The molecule has 24 heavy (non-hydrogen) atoms. The van der Waals surface area contributed by atoms with E-state index in [9.17, 15) is 18.4 Å². The average Bonchev–Trinajstić information content (AvgIpc) is 3.26. The third-order valence-corrected chi connectivity index (χ3v) is 4.40. The van der Waals surface area contributed by atoms with E-state index in [1.807, 2.05) is 0 Å². The van der Waals surface area contributed by atoms with E-state index in [0.717, 1.165) is 17.7 Å². The Morgan fingerprint density at radius 3 is 2.75 bits per heavy atom. The molecular weight excluding hydrogens is 322 g/mol. The zero-order valence-corrected chi connectivity index (χ0v) is 13.4. The lowest BCUT2D eigenvalue weighted by Gasteiger charge is -2.22. The molecule has 2 aliphatic rings. The Labute approximate surface area is 137 Å². The lowest BCUT2D eigenvalue weighted by molar-refractivity contribution is 0.0146. The van der Waals surface area contributed by atoms with Crippen LogP contribution >= 0.6 is 0 Å². The number of nitrogens with zero attached hydrogens (tertiary/aromatic N) is 5. The first-order valence-electron chi connectivity index (χ1n) is 7.95. The van der Waals surface area contributed by atoms with E-state index in [2.05, 4.69) is 15.6 Å². The maximum atomic E-state index is 13.7. The van der Waals surface area contributed by atoms with Gasteiger partial charge in [0.05, 0.1) is 25.3 Å². The van der Waals surface area contributed by atoms with Gasteiger partial charge < -0.3 is 15.1 Å². The van der Waals surface area contributed by atoms with E-state index >= 15 is 0 Å². The Morgan fingerprint density at radius 2 is 2.08 bits per heavy atom. The molecule has 0 radical (unpaired) electrons. The number of alkyl halides is 2. The van der Waals surface area contributed by atoms with Crippen molar-refractivity contribution in [3.05, 3.63) is 11.9 Å². The Kier molecular flexibility index (Phi) is 4.37. The van der Waals surface area contributed by atoms with E-state index in [4.69, 9.17) is 0 Å². The van der Waals surface area contributed by atoms with Crippen molar-refractivity contribution in [3.63, 3.8) is 0 Å². The van der Waals surface area contributed by atoms with Crippen LogP contribution in [0.2, 0.25) is 0 Å². The van der Waals surface area contributed by atoms with E-state index in [-0.39, 0.29) is 18.1 Å². The SMILES string of the molecule is CNC(=O)N1CC(F)(F)C[C@H]1Cn1cc(C(=O)N2CCCC2)nn1. The summed E-state index contributed by atoms with van der Waals surface area (Å²) in [7, 11) is 1.40. The van der Waals surface area contributed by atoms with E-state index in [1.165, 1.54) is 17.9 Å². The summed E-state index contributed by atoms with van der Waals surface area (Å²) in [5, 5.41) is 10.1. The summed E-state index contributed by atoms with van der Waals surface area (Å²) in [5.74, 6) is -3.12. The smallest absolute Gasteiger partial charge is 0.317 e. The molecule has 10 heteroatoms. The Hall–Kier alpha value is -2.26. The molecule has 1 aromatic heterocycles. The Balaban J connectivity index is 1.69. The Morgan fingerprint density at radius 1 is 1.38 bits per heavy atom. The Bertz CT molecular complexity index is 629. The molecular formula is C14H20F2N6O2. The standard InChI is InChI=1S/C14H20F2N6O2/c1-17-13(24)22-9-14(15,16)6-10(22)7-21-8-11(18-19-21)12(23)20-4-2-3-5-20/h8,10H,2-7,9H2,1H3,(H,17,24)/t10-/m0/s1. The van der Waals surface area contributed by atoms with Gasteiger partial charge in [-0.15, -0.1) is 5.10 Å². The van der Waals surface area contributed by atoms with Crippen LogP contribution in [0.4, 0.5) is 13.6 Å². The molecule has 3 amide bonds. The van der Waals surface area contributed by atoms with Gasteiger partial charge in [0, 0.05) is 26.6 Å². The van der Waals surface area contributed by atoms with Crippen molar-refractivity contribution in [2.24, 2.45) is 0 Å². The molecule has 3 heterocycles. The molecule has 2 aliphatic heterocycles. The molecule has 0 saturated carbocycles. The number of carbonyl (C=O) groups is 2. The fourth-order valence-electron chi connectivity index (χ4n) is 3.23. The van der Waals surface area contributed by atoms with Crippen molar-refractivity contribution in [2.45, 2.75) is 37.8 Å². The first-order chi connectivity index (χ1) is 11.4. The number of urea groups is 1. The summed E-state index contributed by atoms with van der Waals surface area (Å²) in [5.41, 5.74) is 0.202. The third kappa shape index (κ3) is 3.31. The van der Waals surface area contributed by atoms with Crippen molar-refractivity contribution in [3.8, 4) is 0 Å². The fourth-order valence-corrected chi connectivity index (χ4v) is 3.23. The highest BCUT2D eigenvalue weighted by Crippen LogP contribution is 2.32. The number of halogens is 2. The second-order valence-electron chi connectivity index (χ2n) is 6.22. The van der Waals surface area contributed by atoms with Gasteiger partial charge in [-0.2, -0.15) is 0 Å². The zero-order chi connectivity index (χ0) is 17.3. The minimum atomic E-state index is -2.92. The van der Waals surface area contributed by atoms with Gasteiger partial charge in [-0.3, -0.25) is 4.79 Å². The van der Waals surface area contributed by atoms with Gasteiger partial charge in [-0.1, -0.05) is 5.21 Å². The molecule has 132 valence electrons. The lowest BCUT2D eigenvalue weighted by atomic mass is 10.2. The molecule has 1 aromatic rings. The molecule has 8 nitrogen and oxygen atoms in total. The molecule has 0 unspecified atom stereocenters. The zero-order valence-electron chi connectivity index (χ0n) is 13.4. The molecule has 2 fully saturated rings. The van der Waals surface area contributed by atoms with Gasteiger partial charge in [-0.05, 0) is 12.8 Å². The van der Waals surface area contributed by atoms with Crippen LogP contribution in [0.5, 0.6) is 0 Å². The molecule has 2 saturated heterocycles. The molecule has 0 bridgehead atoms. The highest BCUT2D eigenvalue weighted by molar-refractivity contribution is 5.92. The normalized spacial score (nSPS) is 22.9. The van der Waals surface area contributed by atoms with Crippen LogP contribution in [-0.4, -0.2) is 75.4 Å². The predicted molar refractivity (Wildman–Crippen MR) is 79.7 cm³/mol. The van der Waals surface area contributed by atoms with Crippen molar-refractivity contribution in [1.29, 1.82) is 0 Å². The molecule has 0 aliphatic carbocycles. The van der Waals surface area contributed by atoms with Crippen molar-refractivity contribution in [2.75, 3.05) is 26.7 Å². The largest absolute Gasteiger partial charge is 0.341 e. The number of hydrogen-bond donors (Lipinski definition) is 1. The maximum Gasteiger partial charge on any atom is 0.317 e. The van der Waals surface area contributed by atoms with Gasteiger partial charge in [0.1, 0.15) is 0 Å². The number of amides is 3. The minimum Gasteiger partial charge on any atom is -0.341 e. The number of carbonyl (C=O) groups excluding carboxylic acids is 2. The summed E-state index contributed by atoms with van der Waals surface area (Å²) < 4.78 is 28.7. The van der Waals surface area contributed by atoms with Crippen LogP contribution in [-0.2, 0) is 6.54 Å². The van der Waals surface area contributed by atoms with Crippen molar-refractivity contribution < 1.29 is 18.4 Å². The van der Waals surface area contributed by atoms with Gasteiger partial charge >= 0.3 is 6.03 Å². The van der Waals surface area contributed by atoms with E-state index in [0.29, 0.717) is 13.1 Å². The number of aromatic nitrogens is 3.